The maximum Gasteiger partial charge on any atom is 0.339 e. The number of esters is 2. The van der Waals surface area contributed by atoms with Crippen LogP contribution < -0.4 is 15.4 Å². The molecule has 0 unspecified atom stereocenters. The molecule has 2 aromatic heterocycles. The van der Waals surface area contributed by atoms with Crippen molar-refractivity contribution in [2.24, 2.45) is 11.8 Å². The minimum Gasteiger partial charge on any atom is -0.466 e. The molecule has 1 N–H and O–H groups in total. The molecule has 0 saturated carbocycles. The molecule has 2 saturated heterocycles. The van der Waals surface area contributed by atoms with Gasteiger partial charge in [-0.15, -0.1) is 0 Å². The van der Waals surface area contributed by atoms with Gasteiger partial charge in [0, 0.05) is 26.2 Å². The van der Waals surface area contributed by atoms with Gasteiger partial charge in [0.1, 0.15) is 5.02 Å². The summed E-state index contributed by atoms with van der Waals surface area (Å²) in [6.07, 6.45) is 5.71. The zero-order chi connectivity index (χ0) is 32.2. The van der Waals surface area contributed by atoms with E-state index in [1.165, 1.54) is 12.4 Å². The van der Waals surface area contributed by atoms with Gasteiger partial charge in [-0.05, 0) is 73.3 Å². The van der Waals surface area contributed by atoms with Crippen LogP contribution in [0.1, 0.15) is 39.5 Å². The molecule has 0 aromatic carbocycles. The highest BCUT2D eigenvalue weighted by molar-refractivity contribution is 8.24. The van der Waals surface area contributed by atoms with E-state index in [-0.39, 0.29) is 39.5 Å². The van der Waals surface area contributed by atoms with Crippen molar-refractivity contribution in [2.45, 2.75) is 39.5 Å². The fourth-order valence-corrected chi connectivity index (χ4v) is 4.49. The van der Waals surface area contributed by atoms with Crippen molar-refractivity contribution >= 4 is 97.6 Å². The Morgan fingerprint density at radius 3 is 1.72 bits per heavy atom. The first-order valence-electron chi connectivity index (χ1n) is 13.2. The fourth-order valence-electron chi connectivity index (χ4n) is 4.18. The van der Waals surface area contributed by atoms with Gasteiger partial charge in [0.15, 0.2) is 5.15 Å². The first-order valence-corrected chi connectivity index (χ1v) is 18.7. The average Bonchev–Trinajstić information content (AvgIpc) is 2.96. The lowest BCUT2D eigenvalue weighted by Gasteiger charge is -2.31. The highest BCUT2D eigenvalue weighted by Gasteiger charge is 2.28. The number of carbonyl (C=O) groups excluding carboxylic acids is 2. The lowest BCUT2D eigenvalue weighted by Crippen LogP contribution is -2.38. The first-order chi connectivity index (χ1) is 20.2. The topological polar surface area (TPSA) is 148 Å². The van der Waals surface area contributed by atoms with E-state index in [1.807, 2.05) is 16.7 Å². The van der Waals surface area contributed by atoms with Crippen molar-refractivity contribution < 1.29 is 23.6 Å². The summed E-state index contributed by atoms with van der Waals surface area (Å²) in [6.45, 7) is 7.19. The summed E-state index contributed by atoms with van der Waals surface area (Å²) >= 11 is 31.1. The second kappa shape index (κ2) is 18.4. The van der Waals surface area contributed by atoms with Crippen LogP contribution in [0.3, 0.4) is 0 Å². The van der Waals surface area contributed by atoms with Crippen molar-refractivity contribution in [3.05, 3.63) is 37.9 Å². The molecule has 12 nitrogen and oxygen atoms in total. The van der Waals surface area contributed by atoms with Crippen LogP contribution in [0.15, 0.2) is 17.2 Å². The Bertz CT molecular complexity index is 1310. The minimum absolute atomic E-state index is 0.0287. The van der Waals surface area contributed by atoms with Gasteiger partial charge >= 0.3 is 17.1 Å². The zero-order valence-electron chi connectivity index (χ0n) is 23.3. The third-order valence-electron chi connectivity index (χ3n) is 6.24. The number of rotatable bonds is 6. The Labute approximate surface area is 278 Å². The normalized spacial score (nSPS) is 15.9. The summed E-state index contributed by atoms with van der Waals surface area (Å²) in [7, 11) is 0. The molecule has 0 radical (unpaired) electrons. The predicted molar refractivity (Wildman–Crippen MR) is 170 cm³/mol. The number of nitrogens with one attached hydrogen (secondary N) is 1. The average molecular weight is 743 g/mol. The van der Waals surface area contributed by atoms with Crippen molar-refractivity contribution in [1.29, 1.82) is 0 Å². The van der Waals surface area contributed by atoms with Gasteiger partial charge in [-0.3, -0.25) is 23.9 Å². The number of piperidine rings is 2. The molecule has 2 aliphatic heterocycles. The molecule has 0 amide bonds. The van der Waals surface area contributed by atoms with Gasteiger partial charge in [-0.2, -0.15) is 4.98 Å². The molecule has 2 fully saturated rings. The number of carbonyl (C=O) groups is 2. The van der Waals surface area contributed by atoms with Crippen LogP contribution in [0.5, 0.6) is 0 Å². The lowest BCUT2D eigenvalue weighted by atomic mass is 9.97. The number of ether oxygens (including phenoxy) is 2. The Balaban J connectivity index is 0.000000260. The van der Waals surface area contributed by atoms with E-state index in [0.29, 0.717) is 69.2 Å². The molecule has 43 heavy (non-hydrogen) atoms. The van der Waals surface area contributed by atoms with E-state index < -0.39 is 5.20 Å². The van der Waals surface area contributed by atoms with E-state index in [4.69, 9.17) is 44.3 Å². The lowest BCUT2D eigenvalue weighted by molar-refractivity contribution is -0.149. The number of halogens is 6. The molecule has 19 heteroatoms. The SMILES string of the molecule is CCOC(=O)C1CCN(c2ncc(Cl)c(=O)[nH]2)CC1.CCOC(=O)C1CCN(c2ncc(Cl)c(Cl)n2)CC1.O=P(Cl)(Cl)Cl. The highest BCUT2D eigenvalue weighted by Crippen LogP contribution is 2.61. The second-order valence-electron chi connectivity index (χ2n) is 9.12. The molecule has 4 rings (SSSR count). The van der Waals surface area contributed by atoms with Crippen molar-refractivity contribution in [3.8, 4) is 0 Å². The molecule has 4 heterocycles. The van der Waals surface area contributed by atoms with Gasteiger partial charge in [0.05, 0.1) is 42.5 Å². The molecule has 0 atom stereocenters. The molecule has 240 valence electrons. The number of H-pyrrole nitrogens is 1. The number of aromatic amines is 1. The van der Waals surface area contributed by atoms with Crippen molar-refractivity contribution in [1.82, 2.24) is 19.9 Å². The van der Waals surface area contributed by atoms with Gasteiger partial charge in [0.25, 0.3) is 5.56 Å². The monoisotopic (exact) mass is 740 g/mol. The summed E-state index contributed by atoms with van der Waals surface area (Å²) in [6, 6.07) is 0. The van der Waals surface area contributed by atoms with E-state index in [2.05, 4.69) is 53.7 Å². The Morgan fingerprint density at radius 1 is 0.860 bits per heavy atom. The second-order valence-corrected chi connectivity index (χ2v) is 16.9. The molecule has 2 aromatic rings. The predicted octanol–water partition coefficient (Wildman–Crippen LogP) is 6.58. The van der Waals surface area contributed by atoms with Crippen molar-refractivity contribution in [2.75, 3.05) is 49.2 Å². The molecule has 0 aliphatic carbocycles. The van der Waals surface area contributed by atoms with Gasteiger partial charge in [-0.1, -0.05) is 34.8 Å². The number of hydrogen-bond donors (Lipinski definition) is 1. The Morgan fingerprint density at radius 2 is 1.30 bits per heavy atom. The number of anilines is 2. The molecule has 0 bridgehead atoms. The molecule has 0 spiro atoms. The van der Waals surface area contributed by atoms with E-state index >= 15 is 0 Å². The van der Waals surface area contributed by atoms with E-state index in [9.17, 15) is 18.9 Å². The van der Waals surface area contributed by atoms with Crippen LogP contribution in [0.25, 0.3) is 0 Å². The van der Waals surface area contributed by atoms with Crippen LogP contribution in [0.4, 0.5) is 11.9 Å². The minimum atomic E-state index is -3.22. The maximum atomic E-state index is 11.6. The molecular formula is C24H31Cl6N6O6P. The van der Waals surface area contributed by atoms with Crippen LogP contribution in [0.2, 0.25) is 15.2 Å². The maximum absolute atomic E-state index is 11.6. The quantitative estimate of drug-likeness (QED) is 0.195. The van der Waals surface area contributed by atoms with E-state index in [0.717, 1.165) is 12.8 Å². The summed E-state index contributed by atoms with van der Waals surface area (Å²) < 4.78 is 19.6. The first kappa shape index (κ1) is 37.7. The van der Waals surface area contributed by atoms with Gasteiger partial charge in [0.2, 0.25) is 11.9 Å². The molecule has 2 aliphatic rings. The summed E-state index contributed by atoms with van der Waals surface area (Å²) in [4.78, 5) is 53.6. The van der Waals surface area contributed by atoms with E-state index in [1.54, 1.807) is 6.92 Å². The van der Waals surface area contributed by atoms with Crippen molar-refractivity contribution in [3.63, 3.8) is 0 Å². The smallest absolute Gasteiger partial charge is 0.339 e. The number of aromatic nitrogens is 4. The zero-order valence-corrected chi connectivity index (χ0v) is 28.7. The number of hydrogen-bond acceptors (Lipinski definition) is 11. The number of nitrogens with zero attached hydrogens (tertiary/aromatic N) is 5. The Hall–Kier alpha value is -1.53. The third kappa shape index (κ3) is 13.6. The largest absolute Gasteiger partial charge is 0.466 e. The highest BCUT2D eigenvalue weighted by atomic mass is 36.0. The van der Waals surface area contributed by atoms with Crippen LogP contribution in [-0.4, -0.2) is 71.3 Å². The molecular weight excluding hydrogens is 712 g/mol. The standard InChI is InChI=1S/C12H15Cl2N3O2.C12H16ClN3O3.Cl3OP/c1-2-19-11(18)8-3-5-17(6-4-8)12-15-7-9(13)10(14)16-12;1-2-19-11(18)8-3-5-16(6-4-8)12-14-7-9(13)10(17)15-12;1-5(2,3)4/h7-8H,2-6H2,1H3;7-8H,2-6H2,1H3,(H,14,15,17);. The fraction of sp³-hybridized carbons (Fsp3) is 0.583. The summed E-state index contributed by atoms with van der Waals surface area (Å²) in [5, 5.41) is -2.56. The third-order valence-corrected chi connectivity index (χ3v) is 7.17. The van der Waals surface area contributed by atoms with Crippen LogP contribution >= 0.6 is 73.7 Å². The Kier molecular flexibility index (Phi) is 16.1. The summed E-state index contributed by atoms with van der Waals surface area (Å²) in [5.74, 6) is 0.708. The van der Waals surface area contributed by atoms with Gasteiger partial charge in [-0.25, -0.2) is 9.97 Å². The summed E-state index contributed by atoms with van der Waals surface area (Å²) in [5.41, 5.74) is -0.348. The van der Waals surface area contributed by atoms with Crippen LogP contribution in [0, 0.1) is 11.8 Å². The van der Waals surface area contributed by atoms with Crippen LogP contribution in [-0.2, 0) is 23.6 Å². The van der Waals surface area contributed by atoms with Gasteiger partial charge < -0.3 is 19.3 Å².